The number of carbonyl (C=O) groups excluding carboxylic acids is 2. The van der Waals surface area contributed by atoms with Gasteiger partial charge in [0.15, 0.2) is 0 Å². The Labute approximate surface area is 152 Å². The van der Waals surface area contributed by atoms with Gasteiger partial charge in [0.2, 0.25) is 0 Å². The van der Waals surface area contributed by atoms with Crippen LogP contribution >= 0.6 is 0 Å². The van der Waals surface area contributed by atoms with Crippen LogP contribution in [-0.2, 0) is 9.59 Å². The topological polar surface area (TPSA) is 136 Å². The highest BCUT2D eigenvalue weighted by Gasteiger charge is 2.67. The molecule has 2 bridgehead atoms. The van der Waals surface area contributed by atoms with Gasteiger partial charge in [-0.2, -0.15) is 5.01 Å². The Morgan fingerprint density at radius 2 is 1.56 bits per heavy atom. The predicted octanol–water partition coefficient (Wildman–Crippen LogP) is 1.88. The van der Waals surface area contributed by atoms with Crippen LogP contribution in [0, 0.1) is 55.7 Å². The van der Waals surface area contributed by atoms with E-state index in [4.69, 9.17) is 0 Å². The van der Waals surface area contributed by atoms with Gasteiger partial charge in [0.05, 0.1) is 27.7 Å². The third-order valence-electron chi connectivity index (χ3n) is 6.28. The molecule has 0 aromatic heterocycles. The first-order valence-corrected chi connectivity index (χ1v) is 8.64. The third kappa shape index (κ3) is 2.06. The lowest BCUT2D eigenvalue weighted by atomic mass is 9.63. The van der Waals surface area contributed by atoms with Gasteiger partial charge in [0.1, 0.15) is 5.69 Å². The van der Waals surface area contributed by atoms with Gasteiger partial charge in [-0.25, -0.2) is 0 Å². The second-order valence-corrected chi connectivity index (χ2v) is 7.49. The number of benzene rings is 1. The van der Waals surface area contributed by atoms with Crippen molar-refractivity contribution < 1.29 is 19.4 Å². The van der Waals surface area contributed by atoms with Crippen LogP contribution in [0.3, 0.4) is 0 Å². The maximum absolute atomic E-state index is 12.9. The first-order chi connectivity index (χ1) is 12.9. The molecule has 4 aliphatic carbocycles. The number of allylic oxidation sites excluding steroid dienone is 2. The molecule has 1 aromatic carbocycles. The van der Waals surface area contributed by atoms with Crippen molar-refractivity contribution in [3.8, 4) is 0 Å². The number of hydrogen-bond acceptors (Lipinski definition) is 7. The summed E-state index contributed by atoms with van der Waals surface area (Å²) in [5.41, 5.74) is 1.42. The second-order valence-electron chi connectivity index (χ2n) is 7.49. The van der Waals surface area contributed by atoms with E-state index in [2.05, 4.69) is 5.43 Å². The van der Waals surface area contributed by atoms with Gasteiger partial charge < -0.3 is 0 Å². The average Bonchev–Trinajstić information content (AvgIpc) is 3.42. The molecular formula is C17H14N4O6. The molecule has 138 valence electrons. The molecule has 1 heterocycles. The summed E-state index contributed by atoms with van der Waals surface area (Å²) in [6.45, 7) is 0. The molecule has 1 aromatic rings. The summed E-state index contributed by atoms with van der Waals surface area (Å²) in [5.74, 6) is -0.648. The highest BCUT2D eigenvalue weighted by Crippen LogP contribution is 2.65. The number of rotatable bonds is 4. The van der Waals surface area contributed by atoms with Gasteiger partial charge in [0, 0.05) is 6.07 Å². The number of imide groups is 1. The van der Waals surface area contributed by atoms with Gasteiger partial charge >= 0.3 is 5.69 Å². The van der Waals surface area contributed by atoms with Gasteiger partial charge in [0.25, 0.3) is 17.5 Å². The zero-order chi connectivity index (χ0) is 19.0. The Kier molecular flexibility index (Phi) is 3.02. The van der Waals surface area contributed by atoms with Crippen molar-refractivity contribution in [1.82, 2.24) is 5.01 Å². The first kappa shape index (κ1) is 15.9. The van der Waals surface area contributed by atoms with E-state index in [1.165, 1.54) is 0 Å². The molecule has 6 rings (SSSR count). The van der Waals surface area contributed by atoms with E-state index >= 15 is 0 Å². The highest BCUT2D eigenvalue weighted by atomic mass is 16.6. The number of non-ortho nitro benzene ring substituents is 1. The van der Waals surface area contributed by atoms with Crippen molar-refractivity contribution in [1.29, 1.82) is 0 Å². The zero-order valence-corrected chi connectivity index (χ0v) is 13.8. The normalized spacial score (nSPS) is 35.0. The minimum atomic E-state index is -0.784. The maximum Gasteiger partial charge on any atom is 0.300 e. The summed E-state index contributed by atoms with van der Waals surface area (Å²) in [6.07, 6.45) is 5.10. The number of nitro groups is 2. The summed E-state index contributed by atoms with van der Waals surface area (Å²) in [4.78, 5) is 46.4. The standard InChI is InChI=1S/C17H14N4O6/c22-16-14-8-2-3-9(11-6-10(8)11)15(14)17(23)19(16)18-12-4-1-7(20(24)25)5-13(12)21(26)27/h1-5,8-11,14-15,18H,6H2/t8-,9-,10-,11-,14-,15+/m0/s1. The van der Waals surface area contributed by atoms with Crippen molar-refractivity contribution in [2.75, 3.05) is 5.43 Å². The molecule has 1 saturated heterocycles. The van der Waals surface area contributed by atoms with E-state index in [-0.39, 0.29) is 29.3 Å². The SMILES string of the molecule is O=C1[C@@H]2[C@H]3C=C[C@@H]([C@@H]4C[C@@H]34)[C@@H]2C(=O)N1Nc1ccc([N+](=O)[O-])cc1[N+](=O)[O-]. The Morgan fingerprint density at radius 3 is 2.07 bits per heavy atom. The third-order valence-corrected chi connectivity index (χ3v) is 6.28. The predicted molar refractivity (Wildman–Crippen MR) is 89.9 cm³/mol. The van der Waals surface area contributed by atoms with Crippen molar-refractivity contribution in [3.05, 3.63) is 50.6 Å². The van der Waals surface area contributed by atoms with E-state index in [1.54, 1.807) is 0 Å². The van der Waals surface area contributed by atoms with E-state index in [0.717, 1.165) is 29.6 Å². The van der Waals surface area contributed by atoms with Crippen LogP contribution in [0.1, 0.15) is 6.42 Å². The fraction of sp³-hybridized carbons (Fsp3) is 0.412. The quantitative estimate of drug-likeness (QED) is 0.370. The number of nitrogens with one attached hydrogen (secondary N) is 1. The fourth-order valence-electron chi connectivity index (χ4n) is 5.07. The van der Waals surface area contributed by atoms with Gasteiger partial charge in [-0.05, 0) is 36.2 Å². The van der Waals surface area contributed by atoms with Gasteiger partial charge in [-0.15, -0.1) is 0 Å². The zero-order valence-electron chi connectivity index (χ0n) is 13.8. The molecule has 1 N–H and O–H groups in total. The smallest absolute Gasteiger partial charge is 0.282 e. The molecule has 6 atom stereocenters. The lowest BCUT2D eigenvalue weighted by Crippen LogP contribution is -2.40. The molecule has 10 nitrogen and oxygen atoms in total. The maximum atomic E-state index is 12.9. The molecule has 0 unspecified atom stereocenters. The molecule has 3 fully saturated rings. The average molecular weight is 370 g/mol. The van der Waals surface area contributed by atoms with Crippen molar-refractivity contribution in [2.24, 2.45) is 35.5 Å². The van der Waals surface area contributed by atoms with E-state index in [0.29, 0.717) is 11.8 Å². The van der Waals surface area contributed by atoms with Crippen LogP contribution in [0.25, 0.3) is 0 Å². The summed E-state index contributed by atoms with van der Waals surface area (Å²) >= 11 is 0. The Balaban J connectivity index is 1.47. The number of hydrazine groups is 1. The second kappa shape index (κ2) is 5.12. The van der Waals surface area contributed by atoms with E-state index < -0.39 is 33.1 Å². The molecule has 0 spiro atoms. The van der Waals surface area contributed by atoms with Crippen molar-refractivity contribution in [3.63, 3.8) is 0 Å². The summed E-state index contributed by atoms with van der Waals surface area (Å²) in [5, 5.41) is 23.0. The Morgan fingerprint density at radius 1 is 0.963 bits per heavy atom. The summed E-state index contributed by atoms with van der Waals surface area (Å²) in [6, 6.07) is 3.04. The Bertz CT molecular complexity index is 923. The largest absolute Gasteiger partial charge is 0.300 e. The number of carbonyl (C=O) groups is 2. The first-order valence-electron chi connectivity index (χ1n) is 8.64. The number of nitrogens with zero attached hydrogens (tertiary/aromatic N) is 3. The monoisotopic (exact) mass is 370 g/mol. The molecule has 27 heavy (non-hydrogen) atoms. The van der Waals surface area contributed by atoms with Crippen LogP contribution in [-0.4, -0.2) is 26.7 Å². The summed E-state index contributed by atoms with van der Waals surface area (Å²) < 4.78 is 0. The Hall–Kier alpha value is -3.30. The molecule has 10 heteroatoms. The molecule has 1 aliphatic heterocycles. The number of nitro benzene ring substituents is 2. The number of hydrogen-bond donors (Lipinski definition) is 1. The molecule has 2 saturated carbocycles. The van der Waals surface area contributed by atoms with Gasteiger partial charge in [-0.1, -0.05) is 12.2 Å². The minimum absolute atomic E-state index is 0.0418. The fourth-order valence-corrected chi connectivity index (χ4v) is 5.07. The lowest BCUT2D eigenvalue weighted by Gasteiger charge is -2.37. The summed E-state index contributed by atoms with van der Waals surface area (Å²) in [7, 11) is 0. The van der Waals surface area contributed by atoms with Crippen LogP contribution in [0.5, 0.6) is 0 Å². The van der Waals surface area contributed by atoms with Crippen LogP contribution in [0.4, 0.5) is 17.1 Å². The highest BCUT2D eigenvalue weighted by molar-refractivity contribution is 6.07. The van der Waals surface area contributed by atoms with Gasteiger partial charge in [-0.3, -0.25) is 35.2 Å². The van der Waals surface area contributed by atoms with Crippen LogP contribution in [0.2, 0.25) is 0 Å². The lowest BCUT2D eigenvalue weighted by molar-refractivity contribution is -0.393. The van der Waals surface area contributed by atoms with Crippen LogP contribution in [0.15, 0.2) is 30.4 Å². The minimum Gasteiger partial charge on any atom is -0.282 e. The van der Waals surface area contributed by atoms with Crippen LogP contribution < -0.4 is 5.43 Å². The number of anilines is 1. The molecule has 5 aliphatic rings. The van der Waals surface area contributed by atoms with E-state index in [9.17, 15) is 29.8 Å². The molecule has 2 amide bonds. The molecular weight excluding hydrogens is 356 g/mol. The van der Waals surface area contributed by atoms with Crippen molar-refractivity contribution >= 4 is 28.9 Å². The van der Waals surface area contributed by atoms with E-state index in [1.807, 2.05) is 12.2 Å². The molecule has 0 radical (unpaired) electrons. The number of amides is 2. The van der Waals surface area contributed by atoms with Crippen molar-refractivity contribution in [2.45, 2.75) is 6.42 Å².